The molecule has 0 saturated carbocycles. The lowest BCUT2D eigenvalue weighted by molar-refractivity contribution is -0.143. The summed E-state index contributed by atoms with van der Waals surface area (Å²) in [6.45, 7) is 11.1. The maximum Gasteiger partial charge on any atom is 0.307 e. The summed E-state index contributed by atoms with van der Waals surface area (Å²) in [5.41, 5.74) is 0.857. The van der Waals surface area contributed by atoms with Crippen LogP contribution in [0.4, 0.5) is 0 Å². The third-order valence-corrected chi connectivity index (χ3v) is 5.02. The van der Waals surface area contributed by atoms with Crippen LogP contribution in [0.3, 0.4) is 0 Å². The van der Waals surface area contributed by atoms with Gasteiger partial charge in [0.15, 0.2) is 0 Å². The molecule has 2 rings (SSSR count). The number of esters is 1. The molecule has 1 amide bonds. The zero-order chi connectivity index (χ0) is 18.6. The van der Waals surface area contributed by atoms with Gasteiger partial charge in [-0.05, 0) is 20.3 Å². The van der Waals surface area contributed by atoms with E-state index in [0.29, 0.717) is 24.6 Å². The van der Waals surface area contributed by atoms with Crippen LogP contribution in [0, 0.1) is 6.92 Å². The van der Waals surface area contributed by atoms with Gasteiger partial charge in [-0.3, -0.25) is 14.0 Å². The van der Waals surface area contributed by atoms with Crippen molar-refractivity contribution in [1.29, 1.82) is 0 Å². The molecule has 0 aromatic carbocycles. The van der Waals surface area contributed by atoms with Crippen molar-refractivity contribution < 1.29 is 14.3 Å². The summed E-state index contributed by atoms with van der Waals surface area (Å²) in [4.78, 5) is 27.7. The highest BCUT2D eigenvalue weighted by Crippen LogP contribution is 2.27. The topological polar surface area (TPSA) is 76.8 Å². The molecule has 0 fully saturated rings. The smallest absolute Gasteiger partial charge is 0.307 e. The van der Waals surface area contributed by atoms with Gasteiger partial charge >= 0.3 is 5.97 Å². The Hall–Kier alpha value is -1.96. The van der Waals surface area contributed by atoms with Crippen LogP contribution in [0.25, 0.3) is 4.96 Å². The maximum atomic E-state index is 13.0. The van der Waals surface area contributed by atoms with Crippen LogP contribution in [0.15, 0.2) is 0 Å². The van der Waals surface area contributed by atoms with Crippen LogP contribution in [0.2, 0.25) is 0 Å². The van der Waals surface area contributed by atoms with Crippen LogP contribution in [0.1, 0.15) is 67.6 Å². The number of fused-ring (bicyclic) bond motifs is 1. The highest BCUT2D eigenvalue weighted by atomic mass is 32.1. The largest absolute Gasteiger partial charge is 0.466 e. The van der Waals surface area contributed by atoms with E-state index in [1.54, 1.807) is 11.8 Å². The summed E-state index contributed by atoms with van der Waals surface area (Å²) in [6.07, 6.45) is 1.04. The molecular formula is C17H26N4O3S. The molecule has 0 unspecified atom stereocenters. The van der Waals surface area contributed by atoms with Crippen molar-refractivity contribution in [3.63, 3.8) is 0 Å². The second kappa shape index (κ2) is 8.42. The zero-order valence-electron chi connectivity index (χ0n) is 15.5. The molecule has 138 valence electrons. The average Bonchev–Trinajstić information content (AvgIpc) is 3.11. The van der Waals surface area contributed by atoms with Crippen molar-refractivity contribution >= 4 is 28.2 Å². The number of rotatable bonds is 8. The summed E-state index contributed by atoms with van der Waals surface area (Å²) in [6, 6.07) is 0. The fourth-order valence-electron chi connectivity index (χ4n) is 2.69. The molecule has 0 bridgehead atoms. The number of carbonyl (C=O) groups is 2. The van der Waals surface area contributed by atoms with Crippen molar-refractivity contribution in [3.8, 4) is 0 Å². The van der Waals surface area contributed by atoms with Gasteiger partial charge in [0.05, 0.1) is 13.0 Å². The Morgan fingerprint density at radius 2 is 1.96 bits per heavy atom. The summed E-state index contributed by atoms with van der Waals surface area (Å²) in [5.74, 6) is 0.743. The van der Waals surface area contributed by atoms with E-state index in [1.807, 2.05) is 18.2 Å². The first kappa shape index (κ1) is 19.4. The lowest BCUT2D eigenvalue weighted by Crippen LogP contribution is -2.34. The number of hydrogen-bond donors (Lipinski definition) is 0. The Morgan fingerprint density at radius 1 is 1.24 bits per heavy atom. The Labute approximate surface area is 152 Å². The summed E-state index contributed by atoms with van der Waals surface area (Å²) < 4.78 is 6.92. The lowest BCUT2D eigenvalue weighted by atomic mass is 10.2. The molecule has 0 radical (unpaired) electrons. The van der Waals surface area contributed by atoms with Crippen molar-refractivity contribution in [2.75, 3.05) is 19.7 Å². The summed E-state index contributed by atoms with van der Waals surface area (Å²) >= 11 is 1.35. The Bertz CT molecular complexity index is 750. The van der Waals surface area contributed by atoms with Crippen molar-refractivity contribution in [2.45, 2.75) is 53.4 Å². The van der Waals surface area contributed by atoms with Gasteiger partial charge in [0, 0.05) is 24.7 Å². The normalized spacial score (nSPS) is 11.3. The molecule has 7 nitrogen and oxygen atoms in total. The van der Waals surface area contributed by atoms with E-state index >= 15 is 0 Å². The first-order chi connectivity index (χ1) is 11.9. The van der Waals surface area contributed by atoms with E-state index in [2.05, 4.69) is 24.0 Å². The van der Waals surface area contributed by atoms with Gasteiger partial charge in [-0.1, -0.05) is 32.1 Å². The molecule has 2 aromatic rings. The average molecular weight is 366 g/mol. The second-order valence-electron chi connectivity index (χ2n) is 6.19. The van der Waals surface area contributed by atoms with Crippen LogP contribution >= 0.6 is 11.3 Å². The number of aryl methyl sites for hydroxylation is 1. The first-order valence-electron chi connectivity index (χ1n) is 8.69. The number of aromatic nitrogens is 3. The molecule has 2 heterocycles. The predicted octanol–water partition coefficient (Wildman–Crippen LogP) is 3.03. The van der Waals surface area contributed by atoms with Crippen LogP contribution in [-0.2, 0) is 9.53 Å². The number of thiazole rings is 1. The highest BCUT2D eigenvalue weighted by molar-refractivity contribution is 7.19. The molecule has 0 atom stereocenters. The fourth-order valence-corrected chi connectivity index (χ4v) is 3.73. The van der Waals surface area contributed by atoms with Crippen molar-refractivity contribution in [1.82, 2.24) is 19.5 Å². The van der Waals surface area contributed by atoms with E-state index in [4.69, 9.17) is 4.74 Å². The van der Waals surface area contributed by atoms with E-state index < -0.39 is 0 Å². The first-order valence-corrected chi connectivity index (χ1v) is 9.51. The van der Waals surface area contributed by atoms with E-state index in [9.17, 15) is 9.59 Å². The molecule has 0 N–H and O–H groups in total. The van der Waals surface area contributed by atoms with Gasteiger partial charge in [0.25, 0.3) is 5.91 Å². The Balaban J connectivity index is 2.25. The van der Waals surface area contributed by atoms with Crippen LogP contribution in [0.5, 0.6) is 0 Å². The standard InChI is InChI=1S/C17H26N4O3S/c1-6-9-20(10-8-13(22)24-7-2)16(23)14-12(5)21-15(11(3)4)18-19-17(21)25-14/h11H,6-10H2,1-5H3. The number of amides is 1. The zero-order valence-corrected chi connectivity index (χ0v) is 16.4. The fraction of sp³-hybridized carbons (Fsp3) is 0.647. The third kappa shape index (κ3) is 4.18. The number of carbonyl (C=O) groups excluding carboxylic acids is 2. The van der Waals surface area contributed by atoms with Gasteiger partial charge < -0.3 is 9.64 Å². The molecular weight excluding hydrogens is 340 g/mol. The molecule has 25 heavy (non-hydrogen) atoms. The minimum absolute atomic E-state index is 0.0612. The van der Waals surface area contributed by atoms with Crippen LogP contribution < -0.4 is 0 Å². The minimum atomic E-state index is -0.277. The molecule has 0 aliphatic rings. The van der Waals surface area contributed by atoms with Crippen LogP contribution in [-0.4, -0.2) is 51.1 Å². The van der Waals surface area contributed by atoms with E-state index in [-0.39, 0.29) is 24.2 Å². The monoisotopic (exact) mass is 366 g/mol. The predicted molar refractivity (Wildman–Crippen MR) is 97.1 cm³/mol. The molecule has 0 spiro atoms. The third-order valence-electron chi connectivity index (χ3n) is 3.90. The number of ether oxygens (including phenoxy) is 1. The minimum Gasteiger partial charge on any atom is -0.466 e. The quantitative estimate of drug-likeness (QED) is 0.671. The molecule has 0 aliphatic heterocycles. The molecule has 8 heteroatoms. The van der Waals surface area contributed by atoms with Gasteiger partial charge in [-0.15, -0.1) is 10.2 Å². The van der Waals surface area contributed by atoms with Gasteiger partial charge in [-0.2, -0.15) is 0 Å². The van der Waals surface area contributed by atoms with E-state index in [1.165, 1.54) is 11.3 Å². The van der Waals surface area contributed by atoms with Crippen molar-refractivity contribution in [3.05, 3.63) is 16.4 Å². The van der Waals surface area contributed by atoms with Gasteiger partial charge in [0.2, 0.25) is 4.96 Å². The van der Waals surface area contributed by atoms with Gasteiger partial charge in [0.1, 0.15) is 10.7 Å². The number of hydrogen-bond acceptors (Lipinski definition) is 6. The molecule has 0 saturated heterocycles. The molecule has 2 aromatic heterocycles. The van der Waals surface area contributed by atoms with Gasteiger partial charge in [-0.25, -0.2) is 0 Å². The lowest BCUT2D eigenvalue weighted by Gasteiger charge is -2.21. The summed E-state index contributed by atoms with van der Waals surface area (Å²) in [5, 5.41) is 8.41. The number of nitrogens with zero attached hydrogens (tertiary/aromatic N) is 4. The SMILES string of the molecule is CCCN(CCC(=O)OCC)C(=O)c1sc2nnc(C(C)C)n2c1C. The summed E-state index contributed by atoms with van der Waals surface area (Å²) in [7, 11) is 0. The van der Waals surface area contributed by atoms with E-state index in [0.717, 1.165) is 22.9 Å². The Kier molecular flexibility index (Phi) is 6.52. The van der Waals surface area contributed by atoms with Crippen molar-refractivity contribution in [2.24, 2.45) is 0 Å². The molecule has 0 aliphatic carbocycles. The maximum absolute atomic E-state index is 13.0. The second-order valence-corrected chi connectivity index (χ2v) is 7.17. The highest BCUT2D eigenvalue weighted by Gasteiger charge is 2.24. The Morgan fingerprint density at radius 3 is 2.56 bits per heavy atom.